The molecule has 0 aliphatic carbocycles. The van der Waals surface area contributed by atoms with E-state index in [0.29, 0.717) is 23.1 Å². The minimum absolute atomic E-state index is 0.0389. The average molecular weight is 288 g/mol. The number of ether oxygens (including phenoxy) is 1. The third-order valence-corrected chi connectivity index (χ3v) is 3.29. The molecule has 0 spiro atoms. The smallest absolute Gasteiger partial charge is 0.251 e. The van der Waals surface area contributed by atoms with Gasteiger partial charge in [-0.25, -0.2) is 0 Å². The molecule has 0 radical (unpaired) electrons. The molecule has 0 saturated carbocycles. The van der Waals surface area contributed by atoms with Gasteiger partial charge in [0.1, 0.15) is 12.0 Å². The van der Waals surface area contributed by atoms with Crippen LogP contribution >= 0.6 is 0 Å². The summed E-state index contributed by atoms with van der Waals surface area (Å²) >= 11 is 0. The van der Waals surface area contributed by atoms with Crippen LogP contribution < -0.4 is 15.6 Å². The van der Waals surface area contributed by atoms with Gasteiger partial charge in [-0.15, -0.1) is 0 Å². The normalized spacial score (nSPS) is 10.4. The van der Waals surface area contributed by atoms with Gasteiger partial charge in [0.25, 0.3) is 5.56 Å². The quantitative estimate of drug-likeness (QED) is 0.813. The van der Waals surface area contributed by atoms with Crippen molar-refractivity contribution in [1.82, 2.24) is 9.88 Å². The highest BCUT2D eigenvalue weighted by atomic mass is 16.5. The standard InChI is InChI=1S/C15H16N2O4/c1-16-14(19)7-10-8-15(20)17(5-6-18)13-9-11(21-2)3-4-12(10)13/h3-4,6,8-9H,5,7H2,1-2H3,(H,16,19). The number of carbonyl (C=O) groups is 2. The topological polar surface area (TPSA) is 77.4 Å². The highest BCUT2D eigenvalue weighted by Crippen LogP contribution is 2.23. The molecule has 1 heterocycles. The van der Waals surface area contributed by atoms with E-state index in [2.05, 4.69) is 5.32 Å². The Morgan fingerprint density at radius 2 is 2.14 bits per heavy atom. The van der Waals surface area contributed by atoms with Crippen molar-refractivity contribution in [3.05, 3.63) is 40.2 Å². The van der Waals surface area contributed by atoms with Crippen LogP contribution in [0.1, 0.15) is 5.56 Å². The van der Waals surface area contributed by atoms with Gasteiger partial charge in [0.2, 0.25) is 5.91 Å². The largest absolute Gasteiger partial charge is 0.497 e. The van der Waals surface area contributed by atoms with E-state index in [9.17, 15) is 14.4 Å². The maximum atomic E-state index is 12.1. The summed E-state index contributed by atoms with van der Waals surface area (Å²) in [5.74, 6) is 0.401. The number of hydrogen-bond donors (Lipinski definition) is 1. The Morgan fingerprint density at radius 3 is 2.76 bits per heavy atom. The number of aromatic nitrogens is 1. The number of likely N-dealkylation sites (N-methyl/N-ethyl adjacent to an activating group) is 1. The van der Waals surface area contributed by atoms with Gasteiger partial charge in [-0.05, 0) is 17.7 Å². The molecule has 1 amide bonds. The molecule has 1 aromatic heterocycles. The Bertz CT molecular complexity index is 749. The van der Waals surface area contributed by atoms with E-state index in [1.165, 1.54) is 17.7 Å². The van der Waals surface area contributed by atoms with Crippen LogP contribution in [-0.2, 0) is 22.6 Å². The lowest BCUT2D eigenvalue weighted by atomic mass is 10.0. The first-order valence-corrected chi connectivity index (χ1v) is 6.45. The molecule has 6 nitrogen and oxygen atoms in total. The van der Waals surface area contributed by atoms with Gasteiger partial charge in [0.15, 0.2) is 0 Å². The number of nitrogens with one attached hydrogen (secondary N) is 1. The number of carbonyl (C=O) groups excluding carboxylic acids is 2. The van der Waals surface area contributed by atoms with Crippen molar-refractivity contribution >= 4 is 23.1 Å². The third-order valence-electron chi connectivity index (χ3n) is 3.29. The van der Waals surface area contributed by atoms with Gasteiger partial charge >= 0.3 is 0 Å². The summed E-state index contributed by atoms with van der Waals surface area (Å²) in [5, 5.41) is 3.28. The molecule has 110 valence electrons. The van der Waals surface area contributed by atoms with E-state index in [1.807, 2.05) is 0 Å². The molecule has 1 N–H and O–H groups in total. The summed E-state index contributed by atoms with van der Waals surface area (Å²) < 4.78 is 6.51. The van der Waals surface area contributed by atoms with E-state index in [0.717, 1.165) is 5.39 Å². The third kappa shape index (κ3) is 2.94. The summed E-state index contributed by atoms with van der Waals surface area (Å²) in [6.45, 7) is -0.0389. The van der Waals surface area contributed by atoms with Crippen LogP contribution in [0, 0.1) is 0 Å². The molecule has 0 aliphatic rings. The van der Waals surface area contributed by atoms with E-state index >= 15 is 0 Å². The van der Waals surface area contributed by atoms with Crippen molar-refractivity contribution in [3.8, 4) is 5.75 Å². The molecule has 0 fully saturated rings. The summed E-state index contributed by atoms with van der Waals surface area (Å²) in [7, 11) is 3.07. The number of hydrogen-bond acceptors (Lipinski definition) is 4. The SMILES string of the molecule is CNC(=O)Cc1cc(=O)n(CC=O)c2cc(OC)ccc12. The molecule has 0 aliphatic heterocycles. The number of benzene rings is 1. The summed E-state index contributed by atoms with van der Waals surface area (Å²) in [5.41, 5.74) is 0.883. The van der Waals surface area contributed by atoms with Crippen molar-refractivity contribution in [2.24, 2.45) is 0 Å². The number of fused-ring (bicyclic) bond motifs is 1. The molecule has 0 saturated heterocycles. The van der Waals surface area contributed by atoms with Crippen LogP contribution in [-0.4, -0.2) is 30.9 Å². The van der Waals surface area contributed by atoms with Crippen molar-refractivity contribution in [3.63, 3.8) is 0 Å². The second-order valence-corrected chi connectivity index (χ2v) is 4.52. The van der Waals surface area contributed by atoms with Crippen molar-refractivity contribution in [1.29, 1.82) is 0 Å². The lowest BCUT2D eigenvalue weighted by Gasteiger charge is -2.12. The van der Waals surface area contributed by atoms with Crippen LogP contribution in [0.3, 0.4) is 0 Å². The number of nitrogens with zero attached hydrogens (tertiary/aromatic N) is 1. The fourth-order valence-electron chi connectivity index (χ4n) is 2.23. The molecule has 2 rings (SSSR count). The van der Waals surface area contributed by atoms with Crippen LogP contribution in [0.2, 0.25) is 0 Å². The molecular weight excluding hydrogens is 272 g/mol. The van der Waals surface area contributed by atoms with Crippen molar-refractivity contribution in [2.75, 3.05) is 14.2 Å². The van der Waals surface area contributed by atoms with E-state index in [4.69, 9.17) is 4.74 Å². The second-order valence-electron chi connectivity index (χ2n) is 4.52. The second kappa shape index (κ2) is 6.21. The van der Waals surface area contributed by atoms with E-state index in [-0.39, 0.29) is 24.4 Å². The Hall–Kier alpha value is -2.63. The monoisotopic (exact) mass is 288 g/mol. The minimum atomic E-state index is -0.318. The summed E-state index contributed by atoms with van der Waals surface area (Å²) in [4.78, 5) is 34.5. The van der Waals surface area contributed by atoms with Crippen molar-refractivity contribution < 1.29 is 14.3 Å². The molecule has 0 bridgehead atoms. The first kappa shape index (κ1) is 14.8. The number of aldehydes is 1. The minimum Gasteiger partial charge on any atom is -0.497 e. The van der Waals surface area contributed by atoms with Gasteiger partial charge in [-0.1, -0.05) is 0 Å². The first-order valence-electron chi connectivity index (χ1n) is 6.45. The Kier molecular flexibility index (Phi) is 4.37. The van der Waals surface area contributed by atoms with Crippen LogP contribution in [0.25, 0.3) is 10.9 Å². The summed E-state index contributed by atoms with van der Waals surface area (Å²) in [6.07, 6.45) is 0.773. The first-order chi connectivity index (χ1) is 10.1. The zero-order valence-electron chi connectivity index (χ0n) is 11.9. The van der Waals surface area contributed by atoms with Crippen molar-refractivity contribution in [2.45, 2.75) is 13.0 Å². The molecular formula is C15H16N2O4. The van der Waals surface area contributed by atoms with Gasteiger partial charge in [0, 0.05) is 24.6 Å². The summed E-state index contributed by atoms with van der Waals surface area (Å²) in [6, 6.07) is 6.62. The van der Waals surface area contributed by atoms with E-state index < -0.39 is 0 Å². The number of rotatable bonds is 5. The highest BCUT2D eigenvalue weighted by Gasteiger charge is 2.12. The van der Waals surface area contributed by atoms with Gasteiger partial charge < -0.3 is 19.4 Å². The maximum Gasteiger partial charge on any atom is 0.251 e. The fraction of sp³-hybridized carbons (Fsp3) is 0.267. The van der Waals surface area contributed by atoms with E-state index in [1.54, 1.807) is 25.2 Å². The highest BCUT2D eigenvalue weighted by molar-refractivity contribution is 5.89. The zero-order valence-corrected chi connectivity index (χ0v) is 11.9. The number of amides is 1. The van der Waals surface area contributed by atoms with Gasteiger partial charge in [-0.3, -0.25) is 9.59 Å². The zero-order chi connectivity index (χ0) is 15.4. The maximum absolute atomic E-state index is 12.1. The Morgan fingerprint density at radius 1 is 1.38 bits per heavy atom. The lowest BCUT2D eigenvalue weighted by molar-refractivity contribution is -0.120. The fourth-order valence-corrected chi connectivity index (χ4v) is 2.23. The Balaban J connectivity index is 2.72. The van der Waals surface area contributed by atoms with Crippen LogP contribution in [0.15, 0.2) is 29.1 Å². The van der Waals surface area contributed by atoms with Crippen LogP contribution in [0.4, 0.5) is 0 Å². The van der Waals surface area contributed by atoms with Crippen LogP contribution in [0.5, 0.6) is 5.75 Å². The number of methoxy groups -OCH3 is 1. The van der Waals surface area contributed by atoms with Gasteiger partial charge in [0.05, 0.1) is 25.6 Å². The Labute approximate surface area is 121 Å². The molecule has 21 heavy (non-hydrogen) atoms. The van der Waals surface area contributed by atoms with Gasteiger partial charge in [-0.2, -0.15) is 0 Å². The molecule has 6 heteroatoms. The number of pyridine rings is 1. The predicted molar refractivity (Wildman–Crippen MR) is 78.6 cm³/mol. The molecule has 0 atom stereocenters. The molecule has 2 aromatic rings. The molecule has 1 aromatic carbocycles. The lowest BCUT2D eigenvalue weighted by Crippen LogP contribution is -2.24. The molecule has 0 unspecified atom stereocenters. The average Bonchev–Trinajstić information content (AvgIpc) is 2.50. The predicted octanol–water partition coefficient (Wildman–Crippen LogP) is 0.497.